The Morgan fingerprint density at radius 2 is 1.89 bits per heavy atom. The van der Waals surface area contributed by atoms with E-state index in [2.05, 4.69) is 15.5 Å². The highest BCUT2D eigenvalue weighted by Gasteiger charge is 2.45. The number of amides is 1. The maximum absolute atomic E-state index is 13.8. The van der Waals surface area contributed by atoms with E-state index in [0.29, 0.717) is 5.56 Å². The van der Waals surface area contributed by atoms with E-state index in [4.69, 9.17) is 11.6 Å². The first kappa shape index (κ1) is 19.7. The van der Waals surface area contributed by atoms with E-state index in [-0.39, 0.29) is 34.9 Å². The quantitative estimate of drug-likeness (QED) is 0.833. The van der Waals surface area contributed by atoms with Gasteiger partial charge in [-0.1, -0.05) is 11.6 Å². The van der Waals surface area contributed by atoms with Gasteiger partial charge in [-0.05, 0) is 48.2 Å². The fourth-order valence-electron chi connectivity index (χ4n) is 3.45. The van der Waals surface area contributed by atoms with E-state index >= 15 is 0 Å². The van der Waals surface area contributed by atoms with Gasteiger partial charge < -0.3 is 5.32 Å². The maximum atomic E-state index is 13.8. The van der Waals surface area contributed by atoms with Crippen LogP contribution in [0, 0.1) is 28.6 Å². The lowest BCUT2D eigenvalue weighted by molar-refractivity contribution is -0.118. The molecule has 2 aromatic rings. The molecule has 1 saturated carbocycles. The van der Waals surface area contributed by atoms with Crippen molar-refractivity contribution >= 4 is 23.3 Å². The lowest BCUT2D eigenvalue weighted by atomic mass is 9.82. The SMILES string of the molecule is N#Cc1cc(C#N)cc(C(C(=O)Nc2ccc(Cl)nn2)C2CCC(F)(F)C2)c1. The van der Waals surface area contributed by atoms with Crippen LogP contribution in [-0.4, -0.2) is 22.0 Å². The van der Waals surface area contributed by atoms with E-state index in [1.54, 1.807) is 0 Å². The number of nitriles is 2. The molecule has 1 amide bonds. The third-order valence-corrected chi connectivity index (χ3v) is 4.85. The van der Waals surface area contributed by atoms with Crippen molar-refractivity contribution in [2.45, 2.75) is 31.1 Å². The molecule has 1 fully saturated rings. The van der Waals surface area contributed by atoms with Gasteiger partial charge in [0.2, 0.25) is 11.8 Å². The number of halogens is 3. The molecular formula is C19H14ClF2N5O. The molecule has 3 rings (SSSR count). The van der Waals surface area contributed by atoms with E-state index in [9.17, 15) is 24.1 Å². The molecule has 2 unspecified atom stereocenters. The molecule has 0 saturated heterocycles. The summed E-state index contributed by atoms with van der Waals surface area (Å²) in [4.78, 5) is 13.0. The fourth-order valence-corrected chi connectivity index (χ4v) is 3.55. The van der Waals surface area contributed by atoms with Crippen molar-refractivity contribution < 1.29 is 13.6 Å². The summed E-state index contributed by atoms with van der Waals surface area (Å²) >= 11 is 5.68. The van der Waals surface area contributed by atoms with Crippen molar-refractivity contribution in [1.82, 2.24) is 10.2 Å². The highest BCUT2D eigenvalue weighted by atomic mass is 35.5. The second-order valence-corrected chi connectivity index (χ2v) is 7.02. The number of nitrogens with one attached hydrogen (secondary N) is 1. The van der Waals surface area contributed by atoms with Crippen LogP contribution in [0.15, 0.2) is 30.3 Å². The van der Waals surface area contributed by atoms with E-state index in [1.165, 1.54) is 30.3 Å². The van der Waals surface area contributed by atoms with Gasteiger partial charge in [0.1, 0.15) is 0 Å². The van der Waals surface area contributed by atoms with Crippen molar-refractivity contribution in [3.05, 3.63) is 52.2 Å². The molecule has 1 heterocycles. The Hall–Kier alpha value is -3.10. The van der Waals surface area contributed by atoms with Gasteiger partial charge in [-0.2, -0.15) is 10.5 Å². The minimum Gasteiger partial charge on any atom is -0.309 e. The summed E-state index contributed by atoms with van der Waals surface area (Å²) in [6, 6.07) is 11.0. The second-order valence-electron chi connectivity index (χ2n) is 6.63. The summed E-state index contributed by atoms with van der Waals surface area (Å²) in [5, 5.41) is 28.5. The number of anilines is 1. The van der Waals surface area contributed by atoms with Gasteiger partial charge in [-0.3, -0.25) is 4.79 Å². The van der Waals surface area contributed by atoms with Crippen molar-refractivity contribution in [3.8, 4) is 12.1 Å². The molecule has 142 valence electrons. The van der Waals surface area contributed by atoms with Crippen LogP contribution in [0.1, 0.15) is 41.9 Å². The largest absolute Gasteiger partial charge is 0.309 e. The van der Waals surface area contributed by atoms with Crippen LogP contribution in [-0.2, 0) is 4.79 Å². The molecule has 1 aliphatic rings. The van der Waals surface area contributed by atoms with Crippen LogP contribution in [0.5, 0.6) is 0 Å². The number of carbonyl (C=O) groups is 1. The van der Waals surface area contributed by atoms with Crippen LogP contribution in [0.3, 0.4) is 0 Å². The standard InChI is InChI=1S/C19H14ClF2N5O/c20-15-1-2-16(27-26-15)25-18(28)17(13-3-4-19(21,22)8-13)14-6-11(9-23)5-12(7-14)10-24/h1-2,5-7,13,17H,3-4,8H2,(H,25,27,28). The van der Waals surface area contributed by atoms with Gasteiger partial charge in [0, 0.05) is 12.8 Å². The zero-order valence-electron chi connectivity index (χ0n) is 14.5. The van der Waals surface area contributed by atoms with Crippen LogP contribution < -0.4 is 5.32 Å². The summed E-state index contributed by atoms with van der Waals surface area (Å²) in [6.07, 6.45) is -0.614. The van der Waals surface area contributed by atoms with E-state index in [0.717, 1.165) is 0 Å². The molecule has 9 heteroatoms. The Balaban J connectivity index is 1.98. The van der Waals surface area contributed by atoms with Crippen LogP contribution >= 0.6 is 11.6 Å². The average Bonchev–Trinajstić information content (AvgIpc) is 3.02. The number of benzene rings is 1. The van der Waals surface area contributed by atoms with Crippen molar-refractivity contribution in [2.75, 3.05) is 5.32 Å². The number of alkyl halides is 2. The summed E-state index contributed by atoms with van der Waals surface area (Å²) in [5.41, 5.74) is 0.712. The summed E-state index contributed by atoms with van der Waals surface area (Å²) < 4.78 is 27.6. The minimum atomic E-state index is -2.85. The Labute approximate surface area is 164 Å². The number of hydrogen-bond acceptors (Lipinski definition) is 5. The molecule has 1 aromatic carbocycles. The maximum Gasteiger partial charge on any atom is 0.248 e. The Morgan fingerprint density at radius 1 is 1.21 bits per heavy atom. The third-order valence-electron chi connectivity index (χ3n) is 4.65. The number of nitrogens with zero attached hydrogens (tertiary/aromatic N) is 4. The summed E-state index contributed by atoms with van der Waals surface area (Å²) in [7, 11) is 0. The number of rotatable bonds is 4. The number of carbonyl (C=O) groups excluding carboxylic acids is 1. The summed E-state index contributed by atoms with van der Waals surface area (Å²) in [5.74, 6) is -4.89. The Bertz CT molecular complexity index is 949. The third kappa shape index (κ3) is 4.41. The number of aromatic nitrogens is 2. The Morgan fingerprint density at radius 3 is 2.39 bits per heavy atom. The predicted molar refractivity (Wildman–Crippen MR) is 96.6 cm³/mol. The van der Waals surface area contributed by atoms with Gasteiger partial charge >= 0.3 is 0 Å². The number of hydrogen-bond donors (Lipinski definition) is 1. The first-order valence-electron chi connectivity index (χ1n) is 8.44. The molecule has 0 radical (unpaired) electrons. The lowest BCUT2D eigenvalue weighted by Gasteiger charge is -2.23. The van der Waals surface area contributed by atoms with E-state index < -0.39 is 30.1 Å². The van der Waals surface area contributed by atoms with Crippen molar-refractivity contribution in [2.24, 2.45) is 5.92 Å². The average molecular weight is 402 g/mol. The molecule has 1 N–H and O–H groups in total. The van der Waals surface area contributed by atoms with Crippen LogP contribution in [0.2, 0.25) is 5.15 Å². The monoisotopic (exact) mass is 401 g/mol. The molecule has 1 aliphatic carbocycles. The zero-order valence-corrected chi connectivity index (χ0v) is 15.2. The van der Waals surface area contributed by atoms with Gasteiger partial charge in [0.15, 0.2) is 11.0 Å². The van der Waals surface area contributed by atoms with Crippen LogP contribution in [0.4, 0.5) is 14.6 Å². The molecule has 2 atom stereocenters. The first-order valence-corrected chi connectivity index (χ1v) is 8.82. The normalized spacial score (nSPS) is 18.7. The zero-order chi connectivity index (χ0) is 20.3. The van der Waals surface area contributed by atoms with Crippen molar-refractivity contribution in [1.29, 1.82) is 10.5 Å². The molecular weight excluding hydrogens is 388 g/mol. The smallest absolute Gasteiger partial charge is 0.248 e. The summed E-state index contributed by atoms with van der Waals surface area (Å²) in [6.45, 7) is 0. The Kier molecular flexibility index (Phi) is 5.53. The molecule has 28 heavy (non-hydrogen) atoms. The minimum absolute atomic E-state index is 0.126. The molecule has 6 nitrogen and oxygen atoms in total. The highest BCUT2D eigenvalue weighted by Crippen LogP contribution is 2.46. The second kappa shape index (κ2) is 7.87. The molecule has 0 bridgehead atoms. The van der Waals surface area contributed by atoms with Gasteiger partial charge in [0.25, 0.3) is 0 Å². The van der Waals surface area contributed by atoms with E-state index in [1.807, 2.05) is 12.1 Å². The molecule has 1 aromatic heterocycles. The molecule has 0 spiro atoms. The first-order chi connectivity index (χ1) is 13.3. The van der Waals surface area contributed by atoms with Crippen molar-refractivity contribution in [3.63, 3.8) is 0 Å². The van der Waals surface area contributed by atoms with Gasteiger partial charge in [-0.25, -0.2) is 8.78 Å². The lowest BCUT2D eigenvalue weighted by Crippen LogP contribution is -2.28. The fraction of sp³-hybridized carbons (Fsp3) is 0.316. The van der Waals surface area contributed by atoms with Gasteiger partial charge in [-0.15, -0.1) is 10.2 Å². The van der Waals surface area contributed by atoms with Gasteiger partial charge in [0.05, 0.1) is 29.2 Å². The molecule has 0 aliphatic heterocycles. The highest BCUT2D eigenvalue weighted by molar-refractivity contribution is 6.29. The predicted octanol–water partition coefficient (Wildman–Crippen LogP) is 4.03. The van der Waals surface area contributed by atoms with Crippen LogP contribution in [0.25, 0.3) is 0 Å². The topological polar surface area (TPSA) is 102 Å².